The van der Waals surface area contributed by atoms with Crippen LogP contribution in [0.25, 0.3) is 0 Å². The molecule has 0 saturated heterocycles. The zero-order chi connectivity index (χ0) is 11.4. The van der Waals surface area contributed by atoms with Crippen LogP contribution in [0.2, 0.25) is 0 Å². The first-order chi connectivity index (χ1) is 7.75. The standard InChI is InChI=1S/C11H13BrN4/c1-16-8-7-14-11(16)5-6-13-10-4-2-3-9(12)15-10/h2-4,7-8H,5-6H2,1H3,(H,13,15). The van der Waals surface area contributed by atoms with Crippen molar-refractivity contribution in [3.05, 3.63) is 41.0 Å². The van der Waals surface area contributed by atoms with E-state index in [2.05, 4.69) is 31.2 Å². The number of rotatable bonds is 4. The van der Waals surface area contributed by atoms with Gasteiger partial charge in [0.25, 0.3) is 0 Å². The normalized spacial score (nSPS) is 10.4. The Hall–Kier alpha value is -1.36. The highest BCUT2D eigenvalue weighted by molar-refractivity contribution is 9.10. The average Bonchev–Trinajstić information content (AvgIpc) is 2.65. The van der Waals surface area contributed by atoms with E-state index in [1.165, 1.54) is 0 Å². The van der Waals surface area contributed by atoms with Crippen LogP contribution in [0.4, 0.5) is 5.82 Å². The molecule has 0 spiro atoms. The molecule has 0 amide bonds. The molecule has 1 N–H and O–H groups in total. The van der Waals surface area contributed by atoms with Gasteiger partial charge in [-0.3, -0.25) is 0 Å². The van der Waals surface area contributed by atoms with Crippen molar-refractivity contribution >= 4 is 21.7 Å². The molecule has 2 aromatic heterocycles. The van der Waals surface area contributed by atoms with E-state index in [0.717, 1.165) is 29.2 Å². The van der Waals surface area contributed by atoms with Crippen LogP contribution in [0.1, 0.15) is 5.82 Å². The number of anilines is 1. The summed E-state index contributed by atoms with van der Waals surface area (Å²) in [6.07, 6.45) is 4.65. The third-order valence-electron chi connectivity index (χ3n) is 2.29. The van der Waals surface area contributed by atoms with Gasteiger partial charge in [-0.05, 0) is 28.1 Å². The number of hydrogen-bond donors (Lipinski definition) is 1. The summed E-state index contributed by atoms with van der Waals surface area (Å²) in [5.74, 6) is 1.95. The second-order valence-electron chi connectivity index (χ2n) is 3.48. The van der Waals surface area contributed by atoms with E-state index in [1.54, 1.807) is 0 Å². The summed E-state index contributed by atoms with van der Waals surface area (Å²) in [6, 6.07) is 5.81. The third-order valence-corrected chi connectivity index (χ3v) is 2.73. The largest absolute Gasteiger partial charge is 0.370 e. The number of pyridine rings is 1. The Morgan fingerprint density at radius 2 is 2.31 bits per heavy atom. The van der Waals surface area contributed by atoms with Gasteiger partial charge in [0.2, 0.25) is 0 Å². The molecule has 2 heterocycles. The quantitative estimate of drug-likeness (QED) is 0.874. The Kier molecular flexibility index (Phi) is 3.56. The first kappa shape index (κ1) is 11.1. The Labute approximate surface area is 103 Å². The highest BCUT2D eigenvalue weighted by Gasteiger charge is 1.99. The molecule has 0 aliphatic carbocycles. The van der Waals surface area contributed by atoms with E-state index in [4.69, 9.17) is 0 Å². The lowest BCUT2D eigenvalue weighted by Crippen LogP contribution is -2.09. The highest BCUT2D eigenvalue weighted by atomic mass is 79.9. The predicted molar refractivity (Wildman–Crippen MR) is 67.3 cm³/mol. The maximum Gasteiger partial charge on any atom is 0.127 e. The summed E-state index contributed by atoms with van der Waals surface area (Å²) in [4.78, 5) is 8.55. The zero-order valence-electron chi connectivity index (χ0n) is 9.02. The first-order valence-corrected chi connectivity index (χ1v) is 5.87. The molecule has 0 aliphatic rings. The van der Waals surface area contributed by atoms with Crippen LogP contribution in [0.15, 0.2) is 35.2 Å². The fraction of sp³-hybridized carbons (Fsp3) is 0.273. The van der Waals surface area contributed by atoms with Crippen molar-refractivity contribution in [2.45, 2.75) is 6.42 Å². The topological polar surface area (TPSA) is 42.7 Å². The third kappa shape index (κ3) is 2.82. The summed E-state index contributed by atoms with van der Waals surface area (Å²) in [6.45, 7) is 0.828. The second-order valence-corrected chi connectivity index (χ2v) is 4.29. The van der Waals surface area contributed by atoms with Gasteiger partial charge in [-0.1, -0.05) is 6.07 Å². The molecule has 0 atom stereocenters. The van der Waals surface area contributed by atoms with Crippen LogP contribution in [0.5, 0.6) is 0 Å². The van der Waals surface area contributed by atoms with E-state index in [9.17, 15) is 0 Å². The maximum atomic E-state index is 4.29. The molecule has 0 bridgehead atoms. The molecule has 0 radical (unpaired) electrons. The van der Waals surface area contributed by atoms with E-state index >= 15 is 0 Å². The van der Waals surface area contributed by atoms with Gasteiger partial charge in [-0.25, -0.2) is 9.97 Å². The van der Waals surface area contributed by atoms with Crippen molar-refractivity contribution in [1.29, 1.82) is 0 Å². The number of hydrogen-bond acceptors (Lipinski definition) is 3. The van der Waals surface area contributed by atoms with Crippen LogP contribution in [0.3, 0.4) is 0 Å². The number of aromatic nitrogens is 3. The monoisotopic (exact) mass is 280 g/mol. The first-order valence-electron chi connectivity index (χ1n) is 5.08. The number of halogens is 1. The van der Waals surface area contributed by atoms with Crippen LogP contribution in [0, 0.1) is 0 Å². The molecular formula is C11H13BrN4. The lowest BCUT2D eigenvalue weighted by Gasteiger charge is -2.05. The SMILES string of the molecule is Cn1ccnc1CCNc1cccc(Br)n1. The minimum absolute atomic E-state index is 0.828. The van der Waals surface area contributed by atoms with E-state index in [0.29, 0.717) is 0 Å². The lowest BCUT2D eigenvalue weighted by atomic mass is 10.4. The van der Waals surface area contributed by atoms with Crippen molar-refractivity contribution in [1.82, 2.24) is 14.5 Å². The van der Waals surface area contributed by atoms with Crippen LogP contribution >= 0.6 is 15.9 Å². The summed E-state index contributed by atoms with van der Waals surface area (Å²) in [7, 11) is 2.00. The summed E-state index contributed by atoms with van der Waals surface area (Å²) < 4.78 is 2.87. The Morgan fingerprint density at radius 3 is 3.00 bits per heavy atom. The Bertz CT molecular complexity index is 467. The molecule has 0 saturated carbocycles. The average molecular weight is 281 g/mol. The van der Waals surface area contributed by atoms with Crippen molar-refractivity contribution in [2.24, 2.45) is 7.05 Å². The van der Waals surface area contributed by atoms with Crippen molar-refractivity contribution in [2.75, 3.05) is 11.9 Å². The van der Waals surface area contributed by atoms with Crippen molar-refractivity contribution in [3.63, 3.8) is 0 Å². The second kappa shape index (κ2) is 5.12. The molecule has 0 aromatic carbocycles. The molecule has 0 aliphatic heterocycles. The van der Waals surface area contributed by atoms with Gasteiger partial charge < -0.3 is 9.88 Å². The molecular weight excluding hydrogens is 268 g/mol. The van der Waals surface area contributed by atoms with Gasteiger partial charge in [-0.2, -0.15) is 0 Å². The molecule has 2 rings (SSSR count). The van der Waals surface area contributed by atoms with Crippen LogP contribution < -0.4 is 5.32 Å². The summed E-state index contributed by atoms with van der Waals surface area (Å²) in [5, 5.41) is 3.26. The van der Waals surface area contributed by atoms with Crippen molar-refractivity contribution < 1.29 is 0 Å². The van der Waals surface area contributed by atoms with E-state index in [1.807, 2.05) is 42.2 Å². The van der Waals surface area contributed by atoms with Crippen LogP contribution in [-0.4, -0.2) is 21.1 Å². The number of imidazole rings is 1. The fourth-order valence-corrected chi connectivity index (χ4v) is 1.79. The molecule has 5 heteroatoms. The smallest absolute Gasteiger partial charge is 0.127 e. The molecule has 0 unspecified atom stereocenters. The summed E-state index contributed by atoms with van der Waals surface area (Å²) in [5.41, 5.74) is 0. The molecule has 4 nitrogen and oxygen atoms in total. The Morgan fingerprint density at radius 1 is 1.44 bits per heavy atom. The molecule has 0 fully saturated rings. The van der Waals surface area contributed by atoms with E-state index < -0.39 is 0 Å². The van der Waals surface area contributed by atoms with Gasteiger partial charge in [0.15, 0.2) is 0 Å². The van der Waals surface area contributed by atoms with Gasteiger partial charge in [-0.15, -0.1) is 0 Å². The minimum atomic E-state index is 0.828. The number of aryl methyl sites for hydroxylation is 1. The van der Waals surface area contributed by atoms with Gasteiger partial charge >= 0.3 is 0 Å². The zero-order valence-corrected chi connectivity index (χ0v) is 10.6. The minimum Gasteiger partial charge on any atom is -0.370 e. The van der Waals surface area contributed by atoms with Gasteiger partial charge in [0.1, 0.15) is 16.2 Å². The molecule has 16 heavy (non-hydrogen) atoms. The molecule has 84 valence electrons. The van der Waals surface area contributed by atoms with Gasteiger partial charge in [0, 0.05) is 32.4 Å². The predicted octanol–water partition coefficient (Wildman–Crippen LogP) is 2.23. The maximum absolute atomic E-state index is 4.29. The number of nitrogens with one attached hydrogen (secondary N) is 1. The lowest BCUT2D eigenvalue weighted by molar-refractivity contribution is 0.788. The summed E-state index contributed by atoms with van der Waals surface area (Å²) >= 11 is 3.34. The number of nitrogens with zero attached hydrogens (tertiary/aromatic N) is 3. The fourth-order valence-electron chi connectivity index (χ4n) is 1.45. The van der Waals surface area contributed by atoms with E-state index in [-0.39, 0.29) is 0 Å². The van der Waals surface area contributed by atoms with Crippen LogP contribution in [-0.2, 0) is 13.5 Å². The highest BCUT2D eigenvalue weighted by Crippen LogP contribution is 2.09. The Balaban J connectivity index is 1.87. The van der Waals surface area contributed by atoms with Gasteiger partial charge in [0.05, 0.1) is 0 Å². The van der Waals surface area contributed by atoms with Crippen molar-refractivity contribution in [3.8, 4) is 0 Å². The molecule has 2 aromatic rings.